The number of nitrogens with zero attached hydrogens (tertiary/aromatic N) is 1. The first-order valence-corrected chi connectivity index (χ1v) is 6.43. The fourth-order valence-electron chi connectivity index (χ4n) is 2.11. The van der Waals surface area contributed by atoms with E-state index in [1.54, 1.807) is 17.0 Å². The molecule has 0 bridgehead atoms. The topological polar surface area (TPSA) is 67.9 Å². The van der Waals surface area contributed by atoms with Crippen LogP contribution in [0, 0.1) is 0 Å². The molecule has 1 aromatic rings. The standard InChI is InChI=1S/C14H18N2O4/c1-19-11-4-3-10(9-12(11)20-2)13(17)14(18)16-7-5-15-6-8-16/h3-4,9,15H,5-8H2,1-2H3. The van der Waals surface area contributed by atoms with Crippen molar-refractivity contribution < 1.29 is 19.1 Å². The zero-order valence-electron chi connectivity index (χ0n) is 11.6. The van der Waals surface area contributed by atoms with Crippen LogP contribution in [-0.2, 0) is 4.79 Å². The number of carbonyl (C=O) groups is 2. The number of rotatable bonds is 4. The first-order chi connectivity index (χ1) is 9.67. The lowest BCUT2D eigenvalue weighted by Gasteiger charge is -2.26. The highest BCUT2D eigenvalue weighted by molar-refractivity contribution is 6.42. The van der Waals surface area contributed by atoms with Gasteiger partial charge in [-0.25, -0.2) is 0 Å². The first kappa shape index (κ1) is 14.3. The number of carbonyl (C=O) groups excluding carboxylic acids is 2. The molecule has 1 N–H and O–H groups in total. The molecule has 1 amide bonds. The maximum Gasteiger partial charge on any atom is 0.295 e. The van der Waals surface area contributed by atoms with Gasteiger partial charge in [-0.15, -0.1) is 0 Å². The van der Waals surface area contributed by atoms with Gasteiger partial charge in [0.25, 0.3) is 11.7 Å². The lowest BCUT2D eigenvalue weighted by atomic mass is 10.1. The molecule has 0 aromatic heterocycles. The van der Waals surface area contributed by atoms with Crippen molar-refractivity contribution in [2.24, 2.45) is 0 Å². The van der Waals surface area contributed by atoms with Gasteiger partial charge >= 0.3 is 0 Å². The number of ketones is 1. The summed E-state index contributed by atoms with van der Waals surface area (Å²) in [4.78, 5) is 25.9. The fraction of sp³-hybridized carbons (Fsp3) is 0.429. The Morgan fingerprint density at radius 1 is 1.10 bits per heavy atom. The third-order valence-corrected chi connectivity index (χ3v) is 3.24. The summed E-state index contributed by atoms with van der Waals surface area (Å²) in [5, 5.41) is 3.14. The van der Waals surface area contributed by atoms with Crippen LogP contribution in [0.4, 0.5) is 0 Å². The molecular weight excluding hydrogens is 260 g/mol. The van der Waals surface area contributed by atoms with Gasteiger partial charge in [0.1, 0.15) is 0 Å². The second-order valence-electron chi connectivity index (χ2n) is 4.44. The number of benzene rings is 1. The number of nitrogens with one attached hydrogen (secondary N) is 1. The summed E-state index contributed by atoms with van der Waals surface area (Å²) >= 11 is 0. The molecule has 0 saturated carbocycles. The Balaban J connectivity index is 2.17. The number of piperazine rings is 1. The number of ether oxygens (including phenoxy) is 2. The highest BCUT2D eigenvalue weighted by Crippen LogP contribution is 2.27. The summed E-state index contributed by atoms with van der Waals surface area (Å²) in [6.45, 7) is 2.53. The molecule has 1 fully saturated rings. The predicted molar refractivity (Wildman–Crippen MR) is 73.3 cm³/mol. The molecule has 1 heterocycles. The number of amides is 1. The normalized spacial score (nSPS) is 14.8. The van der Waals surface area contributed by atoms with Crippen LogP contribution in [0.5, 0.6) is 11.5 Å². The van der Waals surface area contributed by atoms with Gasteiger partial charge in [-0.2, -0.15) is 0 Å². The van der Waals surface area contributed by atoms with E-state index in [-0.39, 0.29) is 0 Å². The molecule has 0 atom stereocenters. The number of Topliss-reactive ketones (excluding diaryl/α,β-unsaturated/α-hetero) is 1. The van der Waals surface area contributed by atoms with Gasteiger partial charge in [-0.1, -0.05) is 0 Å². The van der Waals surface area contributed by atoms with E-state index in [2.05, 4.69) is 5.32 Å². The summed E-state index contributed by atoms with van der Waals surface area (Å²) in [5.74, 6) is -0.0308. The van der Waals surface area contributed by atoms with Crippen LogP contribution < -0.4 is 14.8 Å². The summed E-state index contributed by atoms with van der Waals surface area (Å²) in [6, 6.07) is 4.72. The lowest BCUT2D eigenvalue weighted by molar-refractivity contribution is -0.126. The average molecular weight is 278 g/mol. The molecule has 0 aliphatic carbocycles. The smallest absolute Gasteiger partial charge is 0.295 e. The Morgan fingerprint density at radius 2 is 1.75 bits per heavy atom. The van der Waals surface area contributed by atoms with Crippen LogP contribution in [0.3, 0.4) is 0 Å². The molecule has 1 aliphatic rings. The van der Waals surface area contributed by atoms with Crippen molar-refractivity contribution in [2.45, 2.75) is 0 Å². The zero-order chi connectivity index (χ0) is 14.5. The first-order valence-electron chi connectivity index (χ1n) is 6.43. The molecule has 0 spiro atoms. The van der Waals surface area contributed by atoms with Crippen molar-refractivity contribution in [1.82, 2.24) is 10.2 Å². The summed E-state index contributed by atoms with van der Waals surface area (Å²) < 4.78 is 10.2. The van der Waals surface area contributed by atoms with Crippen molar-refractivity contribution in [3.8, 4) is 11.5 Å². The molecule has 1 aromatic carbocycles. The van der Waals surface area contributed by atoms with Gasteiger partial charge in [0.2, 0.25) is 0 Å². The van der Waals surface area contributed by atoms with Gasteiger partial charge in [0.05, 0.1) is 14.2 Å². The summed E-state index contributed by atoms with van der Waals surface area (Å²) in [6.07, 6.45) is 0. The van der Waals surface area contributed by atoms with Crippen molar-refractivity contribution in [1.29, 1.82) is 0 Å². The van der Waals surface area contributed by atoms with E-state index in [4.69, 9.17) is 9.47 Å². The molecule has 1 aliphatic heterocycles. The van der Waals surface area contributed by atoms with Crippen LogP contribution in [-0.4, -0.2) is 57.0 Å². The third kappa shape index (κ3) is 2.91. The summed E-state index contributed by atoms with van der Waals surface area (Å²) in [5.41, 5.74) is 0.311. The van der Waals surface area contributed by atoms with E-state index in [9.17, 15) is 9.59 Å². The van der Waals surface area contributed by atoms with Gasteiger partial charge in [0, 0.05) is 31.7 Å². The van der Waals surface area contributed by atoms with Crippen LogP contribution >= 0.6 is 0 Å². The third-order valence-electron chi connectivity index (χ3n) is 3.24. The van der Waals surface area contributed by atoms with E-state index < -0.39 is 11.7 Å². The minimum absolute atomic E-state index is 0.311. The molecule has 108 valence electrons. The molecule has 6 heteroatoms. The van der Waals surface area contributed by atoms with Gasteiger partial charge in [0.15, 0.2) is 11.5 Å². The second kappa shape index (κ2) is 6.38. The Labute approximate surface area is 117 Å². The minimum atomic E-state index is -0.521. The minimum Gasteiger partial charge on any atom is -0.493 e. The van der Waals surface area contributed by atoms with Crippen molar-refractivity contribution in [3.05, 3.63) is 23.8 Å². The molecule has 6 nitrogen and oxygen atoms in total. The zero-order valence-corrected chi connectivity index (χ0v) is 11.6. The molecule has 1 saturated heterocycles. The Morgan fingerprint density at radius 3 is 2.35 bits per heavy atom. The fourth-order valence-corrected chi connectivity index (χ4v) is 2.11. The SMILES string of the molecule is COc1ccc(C(=O)C(=O)N2CCNCC2)cc1OC. The number of hydrogen-bond donors (Lipinski definition) is 1. The highest BCUT2D eigenvalue weighted by atomic mass is 16.5. The van der Waals surface area contributed by atoms with Crippen LogP contribution in [0.2, 0.25) is 0 Å². The molecule has 0 radical (unpaired) electrons. The molecular formula is C14H18N2O4. The van der Waals surface area contributed by atoms with E-state index in [1.807, 2.05) is 0 Å². The van der Waals surface area contributed by atoms with Crippen molar-refractivity contribution >= 4 is 11.7 Å². The monoisotopic (exact) mass is 278 g/mol. The van der Waals surface area contributed by atoms with E-state index >= 15 is 0 Å². The maximum atomic E-state index is 12.2. The van der Waals surface area contributed by atoms with Crippen molar-refractivity contribution in [3.63, 3.8) is 0 Å². The molecule has 20 heavy (non-hydrogen) atoms. The second-order valence-corrected chi connectivity index (χ2v) is 4.44. The van der Waals surface area contributed by atoms with Crippen LogP contribution in [0.1, 0.15) is 10.4 Å². The lowest BCUT2D eigenvalue weighted by Crippen LogP contribution is -2.48. The van der Waals surface area contributed by atoms with Gasteiger partial charge in [-0.05, 0) is 18.2 Å². The van der Waals surface area contributed by atoms with E-state index in [1.165, 1.54) is 20.3 Å². The Kier molecular flexibility index (Phi) is 4.57. The molecule has 2 rings (SSSR count). The van der Waals surface area contributed by atoms with Gasteiger partial charge in [-0.3, -0.25) is 9.59 Å². The molecule has 0 unspecified atom stereocenters. The Hall–Kier alpha value is -2.08. The summed E-state index contributed by atoms with van der Waals surface area (Å²) in [7, 11) is 3.01. The van der Waals surface area contributed by atoms with Crippen molar-refractivity contribution in [2.75, 3.05) is 40.4 Å². The predicted octanol–water partition coefficient (Wildman–Crippen LogP) is 0.318. The van der Waals surface area contributed by atoms with Crippen LogP contribution in [0.25, 0.3) is 0 Å². The maximum absolute atomic E-state index is 12.2. The average Bonchev–Trinajstić information content (AvgIpc) is 2.53. The Bertz CT molecular complexity index is 510. The van der Waals surface area contributed by atoms with E-state index in [0.29, 0.717) is 43.2 Å². The van der Waals surface area contributed by atoms with E-state index in [0.717, 1.165) is 0 Å². The largest absolute Gasteiger partial charge is 0.493 e. The van der Waals surface area contributed by atoms with Crippen LogP contribution in [0.15, 0.2) is 18.2 Å². The number of methoxy groups -OCH3 is 2. The van der Waals surface area contributed by atoms with Gasteiger partial charge < -0.3 is 19.7 Å². The highest BCUT2D eigenvalue weighted by Gasteiger charge is 2.25. The quantitative estimate of drug-likeness (QED) is 0.634. The number of hydrogen-bond acceptors (Lipinski definition) is 5.